The number of rotatable bonds is 4. The van der Waals surface area contributed by atoms with Gasteiger partial charge < -0.3 is 9.87 Å². The fourth-order valence-corrected chi connectivity index (χ4v) is 1.64. The monoisotopic (exact) mass is 227 g/mol. The molecule has 82 valence electrons. The molecule has 1 unspecified atom stereocenters. The van der Waals surface area contributed by atoms with Crippen molar-refractivity contribution in [1.29, 1.82) is 0 Å². The van der Waals surface area contributed by atoms with Gasteiger partial charge in [0.05, 0.1) is 4.90 Å². The van der Waals surface area contributed by atoms with E-state index in [1.807, 2.05) is 6.07 Å². The van der Waals surface area contributed by atoms with Crippen molar-refractivity contribution in [1.82, 2.24) is 5.32 Å². The van der Waals surface area contributed by atoms with Crippen LogP contribution in [0.4, 0.5) is 0 Å². The SMILES string of the molecule is CC(=O)NCCc1cccc(S(=O)O)c1. The van der Waals surface area contributed by atoms with E-state index in [0.717, 1.165) is 5.56 Å². The molecule has 1 rings (SSSR count). The van der Waals surface area contributed by atoms with E-state index in [-0.39, 0.29) is 5.91 Å². The molecule has 1 aromatic carbocycles. The molecule has 0 fully saturated rings. The van der Waals surface area contributed by atoms with E-state index < -0.39 is 11.1 Å². The van der Waals surface area contributed by atoms with E-state index in [9.17, 15) is 9.00 Å². The lowest BCUT2D eigenvalue weighted by atomic mass is 10.1. The average molecular weight is 227 g/mol. The molecule has 0 heterocycles. The first-order chi connectivity index (χ1) is 7.09. The third kappa shape index (κ3) is 4.22. The van der Waals surface area contributed by atoms with Gasteiger partial charge in [0.2, 0.25) is 5.91 Å². The van der Waals surface area contributed by atoms with E-state index in [4.69, 9.17) is 4.55 Å². The van der Waals surface area contributed by atoms with Crippen LogP contribution >= 0.6 is 0 Å². The fraction of sp³-hybridized carbons (Fsp3) is 0.300. The highest BCUT2D eigenvalue weighted by atomic mass is 32.2. The molecule has 5 heteroatoms. The molecule has 4 nitrogen and oxygen atoms in total. The Labute approximate surface area is 91.0 Å². The van der Waals surface area contributed by atoms with E-state index in [1.54, 1.807) is 18.2 Å². The molecule has 0 aliphatic carbocycles. The number of amides is 1. The van der Waals surface area contributed by atoms with Crippen LogP contribution in [0.25, 0.3) is 0 Å². The van der Waals surface area contributed by atoms with E-state index in [2.05, 4.69) is 5.32 Å². The van der Waals surface area contributed by atoms with Crippen molar-refractivity contribution in [3.63, 3.8) is 0 Å². The zero-order valence-corrected chi connectivity index (χ0v) is 9.21. The molecule has 0 spiro atoms. The Morgan fingerprint density at radius 3 is 2.87 bits per heavy atom. The van der Waals surface area contributed by atoms with Crippen molar-refractivity contribution in [2.24, 2.45) is 0 Å². The largest absolute Gasteiger partial charge is 0.356 e. The highest BCUT2D eigenvalue weighted by molar-refractivity contribution is 7.79. The predicted molar refractivity (Wildman–Crippen MR) is 57.9 cm³/mol. The van der Waals surface area contributed by atoms with Crippen LogP contribution in [-0.2, 0) is 22.3 Å². The number of hydrogen-bond donors (Lipinski definition) is 2. The summed E-state index contributed by atoms with van der Waals surface area (Å²) >= 11 is -1.94. The summed E-state index contributed by atoms with van der Waals surface area (Å²) < 4.78 is 19.6. The van der Waals surface area contributed by atoms with Crippen molar-refractivity contribution >= 4 is 17.0 Å². The quantitative estimate of drug-likeness (QED) is 0.752. The zero-order valence-electron chi connectivity index (χ0n) is 8.40. The zero-order chi connectivity index (χ0) is 11.3. The Bertz CT molecular complexity index is 379. The van der Waals surface area contributed by atoms with Crippen molar-refractivity contribution in [2.75, 3.05) is 6.54 Å². The van der Waals surface area contributed by atoms with Gasteiger partial charge in [0.15, 0.2) is 11.1 Å². The second kappa shape index (κ2) is 5.63. The van der Waals surface area contributed by atoms with Gasteiger partial charge in [-0.25, -0.2) is 4.21 Å². The Morgan fingerprint density at radius 1 is 1.53 bits per heavy atom. The molecular weight excluding hydrogens is 214 g/mol. The first-order valence-electron chi connectivity index (χ1n) is 4.54. The standard InChI is InChI=1S/C10H13NO3S/c1-8(12)11-6-5-9-3-2-4-10(7-9)15(13)14/h2-4,7H,5-6H2,1H3,(H,11,12)(H,13,14). The minimum atomic E-state index is -1.94. The van der Waals surface area contributed by atoms with E-state index >= 15 is 0 Å². The van der Waals surface area contributed by atoms with Gasteiger partial charge in [0, 0.05) is 13.5 Å². The molecule has 0 saturated carbocycles. The highest BCUT2D eigenvalue weighted by Gasteiger charge is 2.01. The van der Waals surface area contributed by atoms with Gasteiger partial charge in [-0.3, -0.25) is 4.79 Å². The molecule has 0 bridgehead atoms. The summed E-state index contributed by atoms with van der Waals surface area (Å²) in [6, 6.07) is 6.85. The lowest BCUT2D eigenvalue weighted by Crippen LogP contribution is -2.22. The van der Waals surface area contributed by atoms with Crippen LogP contribution in [0, 0.1) is 0 Å². The molecule has 15 heavy (non-hydrogen) atoms. The minimum absolute atomic E-state index is 0.0723. The summed E-state index contributed by atoms with van der Waals surface area (Å²) in [5.74, 6) is -0.0723. The third-order valence-corrected chi connectivity index (χ3v) is 2.54. The average Bonchev–Trinajstić information content (AvgIpc) is 2.17. The van der Waals surface area contributed by atoms with Crippen LogP contribution in [0.15, 0.2) is 29.2 Å². The van der Waals surface area contributed by atoms with Crippen LogP contribution in [0.1, 0.15) is 12.5 Å². The molecule has 0 radical (unpaired) electrons. The Kier molecular flexibility index (Phi) is 4.45. The molecular formula is C10H13NO3S. The van der Waals surface area contributed by atoms with Gasteiger partial charge in [-0.15, -0.1) is 0 Å². The van der Waals surface area contributed by atoms with Crippen molar-refractivity contribution in [3.05, 3.63) is 29.8 Å². The molecule has 1 aromatic rings. The van der Waals surface area contributed by atoms with Gasteiger partial charge >= 0.3 is 0 Å². The molecule has 0 saturated heterocycles. The number of carbonyl (C=O) groups is 1. The molecule has 1 atom stereocenters. The van der Waals surface area contributed by atoms with Crippen LogP contribution in [-0.4, -0.2) is 21.2 Å². The summed E-state index contributed by atoms with van der Waals surface area (Å²) in [5.41, 5.74) is 0.934. The van der Waals surface area contributed by atoms with Gasteiger partial charge in [-0.1, -0.05) is 12.1 Å². The first-order valence-corrected chi connectivity index (χ1v) is 5.64. The molecule has 0 aliphatic heterocycles. The molecule has 0 aliphatic rings. The highest BCUT2D eigenvalue weighted by Crippen LogP contribution is 2.08. The second-order valence-corrected chi connectivity index (χ2v) is 4.10. The summed E-state index contributed by atoms with van der Waals surface area (Å²) in [7, 11) is 0. The maximum absolute atomic E-state index is 10.8. The third-order valence-electron chi connectivity index (χ3n) is 1.89. The van der Waals surface area contributed by atoms with Crippen LogP contribution in [0.3, 0.4) is 0 Å². The predicted octanol–water partition coefficient (Wildman–Crippen LogP) is 0.946. The van der Waals surface area contributed by atoms with Gasteiger partial charge in [0.25, 0.3) is 0 Å². The van der Waals surface area contributed by atoms with E-state index in [1.165, 1.54) is 6.92 Å². The van der Waals surface area contributed by atoms with Crippen molar-refractivity contribution in [2.45, 2.75) is 18.2 Å². The smallest absolute Gasteiger partial charge is 0.216 e. The van der Waals surface area contributed by atoms with Gasteiger partial charge in [0.1, 0.15) is 0 Å². The first kappa shape index (κ1) is 11.9. The number of carbonyl (C=O) groups excluding carboxylic acids is 1. The van der Waals surface area contributed by atoms with Gasteiger partial charge in [-0.2, -0.15) is 0 Å². The molecule has 2 N–H and O–H groups in total. The summed E-state index contributed by atoms with van der Waals surface area (Å²) in [4.78, 5) is 11.0. The van der Waals surface area contributed by atoms with Crippen LogP contribution in [0.2, 0.25) is 0 Å². The fourth-order valence-electron chi connectivity index (χ4n) is 1.19. The second-order valence-electron chi connectivity index (χ2n) is 3.13. The maximum Gasteiger partial charge on any atom is 0.216 e. The summed E-state index contributed by atoms with van der Waals surface area (Å²) in [6.07, 6.45) is 0.657. The topological polar surface area (TPSA) is 66.4 Å². The summed E-state index contributed by atoms with van der Waals surface area (Å²) in [5, 5.41) is 2.67. The minimum Gasteiger partial charge on any atom is -0.356 e. The lowest BCUT2D eigenvalue weighted by Gasteiger charge is -2.03. The summed E-state index contributed by atoms with van der Waals surface area (Å²) in [6.45, 7) is 2.00. The van der Waals surface area contributed by atoms with Crippen molar-refractivity contribution < 1.29 is 13.6 Å². The van der Waals surface area contributed by atoms with Crippen LogP contribution < -0.4 is 5.32 Å². The number of benzene rings is 1. The van der Waals surface area contributed by atoms with Crippen molar-refractivity contribution in [3.8, 4) is 0 Å². The normalized spacial score (nSPS) is 12.1. The lowest BCUT2D eigenvalue weighted by molar-refractivity contribution is -0.118. The van der Waals surface area contributed by atoms with Gasteiger partial charge in [-0.05, 0) is 24.1 Å². The Balaban J connectivity index is 2.58. The Hall–Kier alpha value is -1.20. The molecule has 1 amide bonds. The maximum atomic E-state index is 10.8. The number of nitrogens with one attached hydrogen (secondary N) is 1. The molecule has 0 aromatic heterocycles. The van der Waals surface area contributed by atoms with E-state index in [0.29, 0.717) is 17.9 Å². The Morgan fingerprint density at radius 2 is 2.27 bits per heavy atom. The number of hydrogen-bond acceptors (Lipinski definition) is 2. The van der Waals surface area contributed by atoms with Crippen LogP contribution in [0.5, 0.6) is 0 Å².